The average Bonchev–Trinajstić information content (AvgIpc) is 2.74. The number of ether oxygens (including phenoxy) is 1. The summed E-state index contributed by atoms with van der Waals surface area (Å²) in [6, 6.07) is 0.791. The number of halogens is 1. The molecule has 2 rings (SSSR count). The van der Waals surface area contributed by atoms with E-state index in [0.717, 1.165) is 12.2 Å². The van der Waals surface area contributed by atoms with Gasteiger partial charge in [0.05, 0.1) is 13.3 Å². The third-order valence-corrected chi connectivity index (χ3v) is 3.61. The molecule has 0 radical (unpaired) electrons. The topological polar surface area (TPSA) is 47.0 Å². The third-order valence-electron chi connectivity index (χ3n) is 2.18. The first-order chi connectivity index (χ1) is 7.29. The van der Waals surface area contributed by atoms with Gasteiger partial charge in [-0.05, 0) is 12.2 Å². The molecule has 1 atom stereocenters. The third kappa shape index (κ3) is 2.66. The first-order valence-corrected chi connectivity index (χ1v) is 6.23. The molecule has 1 aliphatic heterocycles. The Labute approximate surface area is 97.8 Å². The number of methoxy groups -OCH3 is 1. The molecule has 0 spiro atoms. The number of nitrogens with zero attached hydrogens (tertiary/aromatic N) is 2. The van der Waals surface area contributed by atoms with Crippen molar-refractivity contribution in [2.24, 2.45) is 0 Å². The van der Waals surface area contributed by atoms with Crippen molar-refractivity contribution >= 4 is 29.2 Å². The van der Waals surface area contributed by atoms with Crippen molar-refractivity contribution in [3.8, 4) is 6.01 Å². The molecular weight excluding hydrogens is 234 g/mol. The fourth-order valence-corrected chi connectivity index (χ4v) is 2.69. The molecule has 0 bridgehead atoms. The summed E-state index contributed by atoms with van der Waals surface area (Å²) in [4.78, 5) is 8.09. The zero-order chi connectivity index (χ0) is 10.7. The predicted molar refractivity (Wildman–Crippen MR) is 62.9 cm³/mol. The Kier molecular flexibility index (Phi) is 3.53. The highest BCUT2D eigenvalue weighted by atomic mass is 35.5. The fourth-order valence-electron chi connectivity index (χ4n) is 1.39. The van der Waals surface area contributed by atoms with Gasteiger partial charge < -0.3 is 10.1 Å². The van der Waals surface area contributed by atoms with Crippen LogP contribution in [0.25, 0.3) is 0 Å². The molecule has 0 saturated carbocycles. The minimum atomic E-state index is 0.340. The van der Waals surface area contributed by atoms with Gasteiger partial charge in [0, 0.05) is 11.8 Å². The van der Waals surface area contributed by atoms with Gasteiger partial charge in [0.25, 0.3) is 0 Å². The molecule has 0 amide bonds. The van der Waals surface area contributed by atoms with Crippen molar-refractivity contribution < 1.29 is 4.74 Å². The van der Waals surface area contributed by atoms with Crippen LogP contribution in [0.1, 0.15) is 6.42 Å². The summed E-state index contributed by atoms with van der Waals surface area (Å²) in [6.07, 6.45) is 2.70. The monoisotopic (exact) mass is 245 g/mol. The summed E-state index contributed by atoms with van der Waals surface area (Å²) in [6.45, 7) is 0. The summed E-state index contributed by atoms with van der Waals surface area (Å²) in [5.41, 5.74) is 0. The Morgan fingerprint density at radius 3 is 3.20 bits per heavy atom. The summed E-state index contributed by atoms with van der Waals surface area (Å²) in [5, 5.41) is 3.83. The second-order valence-corrected chi connectivity index (χ2v) is 4.82. The molecule has 1 aromatic heterocycles. The van der Waals surface area contributed by atoms with Crippen molar-refractivity contribution in [3.63, 3.8) is 0 Å². The molecule has 6 heteroatoms. The van der Waals surface area contributed by atoms with Crippen LogP contribution in [-0.2, 0) is 0 Å². The van der Waals surface area contributed by atoms with Crippen LogP contribution in [0, 0.1) is 0 Å². The van der Waals surface area contributed by atoms with Crippen molar-refractivity contribution in [1.82, 2.24) is 9.97 Å². The number of nitrogens with one attached hydrogen (secondary N) is 1. The number of hydrogen-bond donors (Lipinski definition) is 1. The maximum Gasteiger partial charge on any atom is 0.318 e. The second-order valence-electron chi connectivity index (χ2n) is 3.26. The second kappa shape index (κ2) is 4.90. The van der Waals surface area contributed by atoms with Crippen LogP contribution < -0.4 is 10.1 Å². The van der Waals surface area contributed by atoms with Gasteiger partial charge in [0.2, 0.25) is 0 Å². The molecule has 1 N–H and O–H groups in total. The van der Waals surface area contributed by atoms with E-state index in [1.165, 1.54) is 5.75 Å². The van der Waals surface area contributed by atoms with E-state index in [1.807, 2.05) is 11.8 Å². The largest absolute Gasteiger partial charge is 0.467 e. The van der Waals surface area contributed by atoms with E-state index in [1.54, 1.807) is 13.3 Å². The van der Waals surface area contributed by atoms with Gasteiger partial charge in [-0.25, -0.2) is 4.98 Å². The number of anilines is 1. The molecule has 0 aliphatic carbocycles. The lowest BCUT2D eigenvalue weighted by atomic mass is 10.2. The average molecular weight is 246 g/mol. The lowest BCUT2D eigenvalue weighted by Crippen LogP contribution is -2.19. The van der Waals surface area contributed by atoms with Crippen molar-refractivity contribution in [1.29, 1.82) is 0 Å². The maximum absolute atomic E-state index is 5.98. The Balaban J connectivity index is 2.11. The van der Waals surface area contributed by atoms with E-state index < -0.39 is 0 Å². The zero-order valence-electron chi connectivity index (χ0n) is 8.36. The minimum absolute atomic E-state index is 0.340. The van der Waals surface area contributed by atoms with Crippen LogP contribution in [0.15, 0.2) is 6.20 Å². The van der Waals surface area contributed by atoms with Crippen LogP contribution in [-0.4, -0.2) is 34.6 Å². The highest BCUT2D eigenvalue weighted by Gasteiger charge is 2.17. The maximum atomic E-state index is 5.98. The van der Waals surface area contributed by atoms with E-state index >= 15 is 0 Å². The molecule has 15 heavy (non-hydrogen) atoms. The first kappa shape index (κ1) is 10.8. The van der Waals surface area contributed by atoms with E-state index in [0.29, 0.717) is 22.9 Å². The van der Waals surface area contributed by atoms with Gasteiger partial charge in [-0.15, -0.1) is 0 Å². The number of rotatable bonds is 3. The van der Waals surface area contributed by atoms with Crippen molar-refractivity contribution in [2.75, 3.05) is 23.9 Å². The molecule has 1 unspecified atom stereocenters. The fraction of sp³-hybridized carbons (Fsp3) is 0.556. The van der Waals surface area contributed by atoms with Gasteiger partial charge in [0.15, 0.2) is 5.82 Å². The highest BCUT2D eigenvalue weighted by molar-refractivity contribution is 7.99. The Morgan fingerprint density at radius 1 is 1.67 bits per heavy atom. The SMILES string of the molecule is COc1ncc(Cl)c(NC2CCSC2)n1. The van der Waals surface area contributed by atoms with Crippen LogP contribution >= 0.6 is 23.4 Å². The summed E-state index contributed by atoms with van der Waals surface area (Å²) >= 11 is 7.92. The molecule has 1 saturated heterocycles. The first-order valence-electron chi connectivity index (χ1n) is 4.70. The summed E-state index contributed by atoms with van der Waals surface area (Å²) in [5.74, 6) is 2.95. The van der Waals surface area contributed by atoms with E-state index in [2.05, 4.69) is 15.3 Å². The van der Waals surface area contributed by atoms with Gasteiger partial charge >= 0.3 is 6.01 Å². The molecule has 1 aliphatic rings. The summed E-state index contributed by atoms with van der Waals surface area (Å²) < 4.78 is 4.95. The van der Waals surface area contributed by atoms with Gasteiger partial charge in [-0.1, -0.05) is 11.6 Å². The molecule has 1 fully saturated rings. The van der Waals surface area contributed by atoms with Crippen LogP contribution in [0.4, 0.5) is 5.82 Å². The molecule has 1 aromatic rings. The van der Waals surface area contributed by atoms with Crippen molar-refractivity contribution in [2.45, 2.75) is 12.5 Å². The van der Waals surface area contributed by atoms with Crippen LogP contribution in [0.5, 0.6) is 6.01 Å². The van der Waals surface area contributed by atoms with Crippen molar-refractivity contribution in [3.05, 3.63) is 11.2 Å². The standard InChI is InChI=1S/C9H12ClN3OS/c1-14-9-11-4-7(10)8(13-9)12-6-2-3-15-5-6/h4,6H,2-3,5H2,1H3,(H,11,12,13). The molecule has 82 valence electrons. The number of aromatic nitrogens is 2. The van der Waals surface area contributed by atoms with Crippen LogP contribution in [0.2, 0.25) is 5.02 Å². The van der Waals surface area contributed by atoms with E-state index in [9.17, 15) is 0 Å². The van der Waals surface area contributed by atoms with E-state index in [4.69, 9.17) is 16.3 Å². The highest BCUT2D eigenvalue weighted by Crippen LogP contribution is 2.25. The van der Waals surface area contributed by atoms with Gasteiger partial charge in [0.1, 0.15) is 5.02 Å². The zero-order valence-corrected chi connectivity index (χ0v) is 9.94. The Bertz CT molecular complexity index is 344. The smallest absolute Gasteiger partial charge is 0.318 e. The molecular formula is C9H12ClN3OS. The lowest BCUT2D eigenvalue weighted by Gasteiger charge is -2.13. The van der Waals surface area contributed by atoms with Gasteiger partial charge in [-0.2, -0.15) is 16.7 Å². The molecule has 2 heterocycles. The normalized spacial score (nSPS) is 20.3. The number of thioether (sulfide) groups is 1. The number of hydrogen-bond acceptors (Lipinski definition) is 5. The molecule has 4 nitrogen and oxygen atoms in total. The summed E-state index contributed by atoms with van der Waals surface area (Å²) in [7, 11) is 1.54. The minimum Gasteiger partial charge on any atom is -0.467 e. The van der Waals surface area contributed by atoms with E-state index in [-0.39, 0.29) is 0 Å². The Hall–Kier alpha value is -0.680. The predicted octanol–water partition coefficient (Wildman–Crippen LogP) is 2.06. The lowest BCUT2D eigenvalue weighted by molar-refractivity contribution is 0.380. The van der Waals surface area contributed by atoms with Gasteiger partial charge in [-0.3, -0.25) is 0 Å². The Morgan fingerprint density at radius 2 is 2.53 bits per heavy atom. The van der Waals surface area contributed by atoms with Crippen LogP contribution in [0.3, 0.4) is 0 Å². The molecule has 0 aromatic carbocycles. The quantitative estimate of drug-likeness (QED) is 0.883.